The summed E-state index contributed by atoms with van der Waals surface area (Å²) in [5.41, 5.74) is 0.849. The van der Waals surface area contributed by atoms with Gasteiger partial charge in [-0.1, -0.05) is 25.5 Å². The van der Waals surface area contributed by atoms with E-state index < -0.39 is 4.92 Å². The zero-order valence-corrected chi connectivity index (χ0v) is 7.86. The van der Waals surface area contributed by atoms with E-state index in [2.05, 4.69) is 0 Å². The van der Waals surface area contributed by atoms with Crippen LogP contribution < -0.4 is 0 Å². The van der Waals surface area contributed by atoms with Crippen molar-refractivity contribution in [1.29, 1.82) is 5.26 Å². The summed E-state index contributed by atoms with van der Waals surface area (Å²) in [6.45, 7) is 1.97. The summed E-state index contributed by atoms with van der Waals surface area (Å²) in [7, 11) is 0. The van der Waals surface area contributed by atoms with Gasteiger partial charge in [0.15, 0.2) is 0 Å². The summed E-state index contributed by atoms with van der Waals surface area (Å²) < 4.78 is 0. The molecule has 1 rings (SSSR count). The maximum absolute atomic E-state index is 10.6. The number of aryl methyl sites for hydroxylation is 1. The van der Waals surface area contributed by atoms with Crippen molar-refractivity contribution in [2.45, 2.75) is 19.8 Å². The van der Waals surface area contributed by atoms with Crippen LogP contribution in [0.5, 0.6) is 0 Å². The van der Waals surface area contributed by atoms with Gasteiger partial charge in [-0.2, -0.15) is 5.26 Å². The molecule has 0 fully saturated rings. The van der Waals surface area contributed by atoms with E-state index in [9.17, 15) is 10.1 Å². The Morgan fingerprint density at radius 1 is 1.57 bits per heavy atom. The van der Waals surface area contributed by atoms with E-state index in [1.54, 1.807) is 12.1 Å². The third-order valence-electron chi connectivity index (χ3n) is 1.96. The van der Waals surface area contributed by atoms with Crippen LogP contribution in [0.2, 0.25) is 0 Å². The Morgan fingerprint density at radius 3 is 2.79 bits per heavy atom. The van der Waals surface area contributed by atoms with Crippen molar-refractivity contribution in [1.82, 2.24) is 0 Å². The highest BCUT2D eigenvalue weighted by Gasteiger charge is 2.15. The zero-order valence-electron chi connectivity index (χ0n) is 7.86. The molecule has 0 bridgehead atoms. The van der Waals surface area contributed by atoms with Gasteiger partial charge in [-0.25, -0.2) is 0 Å². The monoisotopic (exact) mass is 190 g/mol. The Bertz CT molecular complexity index is 394. The van der Waals surface area contributed by atoms with Gasteiger partial charge in [0.1, 0.15) is 11.6 Å². The molecular formula is C10H10N2O2. The Labute approximate surface area is 81.9 Å². The van der Waals surface area contributed by atoms with Crippen LogP contribution in [-0.2, 0) is 6.42 Å². The third-order valence-corrected chi connectivity index (χ3v) is 1.96. The number of hydrogen-bond acceptors (Lipinski definition) is 3. The number of nitriles is 1. The molecule has 0 aliphatic rings. The maximum atomic E-state index is 10.6. The standard InChI is InChI=1S/C10H10N2O2/c1-2-4-8-5-3-6-10(12(13)14)9(8)7-11/h3,5-6H,2,4H2,1H3. The highest BCUT2D eigenvalue weighted by atomic mass is 16.6. The molecule has 0 aliphatic carbocycles. The lowest BCUT2D eigenvalue weighted by molar-refractivity contribution is -0.385. The van der Waals surface area contributed by atoms with E-state index in [1.165, 1.54) is 6.07 Å². The minimum absolute atomic E-state index is 0.0987. The first-order chi connectivity index (χ1) is 6.70. The normalized spacial score (nSPS) is 9.43. The highest BCUT2D eigenvalue weighted by molar-refractivity contribution is 5.53. The molecule has 0 N–H and O–H groups in total. The Kier molecular flexibility index (Phi) is 3.19. The summed E-state index contributed by atoms with van der Waals surface area (Å²) in [5.74, 6) is 0. The minimum atomic E-state index is -0.516. The van der Waals surface area contributed by atoms with Crippen LogP contribution in [0.3, 0.4) is 0 Å². The van der Waals surface area contributed by atoms with Crippen molar-refractivity contribution in [3.63, 3.8) is 0 Å². The zero-order chi connectivity index (χ0) is 10.6. The van der Waals surface area contributed by atoms with Crippen LogP contribution in [-0.4, -0.2) is 4.92 Å². The predicted molar refractivity (Wildman–Crippen MR) is 51.8 cm³/mol. The average molecular weight is 190 g/mol. The van der Waals surface area contributed by atoms with Crippen LogP contribution in [0, 0.1) is 21.4 Å². The van der Waals surface area contributed by atoms with E-state index >= 15 is 0 Å². The van der Waals surface area contributed by atoms with Crippen molar-refractivity contribution in [2.75, 3.05) is 0 Å². The largest absolute Gasteiger partial charge is 0.287 e. The molecule has 0 heterocycles. The molecule has 0 spiro atoms. The van der Waals surface area contributed by atoms with E-state index in [4.69, 9.17) is 5.26 Å². The first-order valence-corrected chi connectivity index (χ1v) is 4.37. The summed E-state index contributed by atoms with van der Waals surface area (Å²) in [6.07, 6.45) is 1.57. The number of nitro groups is 1. The van der Waals surface area contributed by atoms with Gasteiger partial charge in [0.05, 0.1) is 4.92 Å². The van der Waals surface area contributed by atoms with Crippen molar-refractivity contribution in [3.8, 4) is 6.07 Å². The molecule has 0 saturated heterocycles. The van der Waals surface area contributed by atoms with E-state index in [1.807, 2.05) is 13.0 Å². The van der Waals surface area contributed by atoms with Gasteiger partial charge >= 0.3 is 0 Å². The van der Waals surface area contributed by atoms with Crippen LogP contribution in [0.1, 0.15) is 24.5 Å². The van der Waals surface area contributed by atoms with Gasteiger partial charge in [-0.05, 0) is 12.0 Å². The quantitative estimate of drug-likeness (QED) is 0.543. The highest BCUT2D eigenvalue weighted by Crippen LogP contribution is 2.22. The predicted octanol–water partition coefficient (Wildman–Crippen LogP) is 2.42. The van der Waals surface area contributed by atoms with E-state index in [0.717, 1.165) is 12.0 Å². The number of nitro benzene ring substituents is 1. The molecule has 0 radical (unpaired) electrons. The van der Waals surface area contributed by atoms with Gasteiger partial charge in [0, 0.05) is 6.07 Å². The second kappa shape index (κ2) is 4.38. The molecule has 0 unspecified atom stereocenters. The lowest BCUT2D eigenvalue weighted by atomic mass is 10.0. The summed E-state index contributed by atoms with van der Waals surface area (Å²) in [4.78, 5) is 10.1. The molecule has 0 saturated carbocycles. The van der Waals surface area contributed by atoms with Crippen molar-refractivity contribution < 1.29 is 4.92 Å². The van der Waals surface area contributed by atoms with Crippen LogP contribution in [0.4, 0.5) is 5.69 Å². The van der Waals surface area contributed by atoms with E-state index in [0.29, 0.717) is 6.42 Å². The molecule has 14 heavy (non-hydrogen) atoms. The third kappa shape index (κ3) is 1.88. The molecule has 0 aromatic heterocycles. The fourth-order valence-electron chi connectivity index (χ4n) is 1.35. The molecule has 1 aromatic rings. The van der Waals surface area contributed by atoms with Crippen molar-refractivity contribution in [2.24, 2.45) is 0 Å². The number of benzene rings is 1. The van der Waals surface area contributed by atoms with Gasteiger partial charge < -0.3 is 0 Å². The van der Waals surface area contributed by atoms with Crippen LogP contribution in [0.25, 0.3) is 0 Å². The topological polar surface area (TPSA) is 66.9 Å². The fourth-order valence-corrected chi connectivity index (χ4v) is 1.35. The lowest BCUT2D eigenvalue weighted by Crippen LogP contribution is -1.96. The first-order valence-electron chi connectivity index (χ1n) is 4.37. The molecule has 72 valence electrons. The van der Waals surface area contributed by atoms with Crippen LogP contribution in [0.15, 0.2) is 18.2 Å². The lowest BCUT2D eigenvalue weighted by Gasteiger charge is -2.01. The Hall–Kier alpha value is -1.89. The minimum Gasteiger partial charge on any atom is -0.258 e. The average Bonchev–Trinajstić information content (AvgIpc) is 2.18. The maximum Gasteiger partial charge on any atom is 0.287 e. The molecular weight excluding hydrogens is 180 g/mol. The number of hydrogen-bond donors (Lipinski definition) is 0. The van der Waals surface area contributed by atoms with Gasteiger partial charge in [0.25, 0.3) is 5.69 Å². The van der Waals surface area contributed by atoms with Gasteiger partial charge in [-0.3, -0.25) is 10.1 Å². The SMILES string of the molecule is CCCc1cccc([N+](=O)[O-])c1C#N. The van der Waals surface area contributed by atoms with E-state index in [-0.39, 0.29) is 11.3 Å². The Balaban J connectivity index is 3.27. The second-order valence-electron chi connectivity index (χ2n) is 2.93. The molecule has 0 amide bonds. The van der Waals surface area contributed by atoms with Crippen molar-refractivity contribution >= 4 is 5.69 Å². The van der Waals surface area contributed by atoms with Crippen LogP contribution >= 0.6 is 0 Å². The molecule has 0 aliphatic heterocycles. The number of nitrogens with zero attached hydrogens (tertiary/aromatic N) is 2. The van der Waals surface area contributed by atoms with Gasteiger partial charge in [-0.15, -0.1) is 0 Å². The number of rotatable bonds is 3. The molecule has 0 atom stereocenters. The summed E-state index contributed by atoms with van der Waals surface area (Å²) >= 11 is 0. The Morgan fingerprint density at radius 2 is 2.29 bits per heavy atom. The smallest absolute Gasteiger partial charge is 0.258 e. The fraction of sp³-hybridized carbons (Fsp3) is 0.300. The molecule has 4 nitrogen and oxygen atoms in total. The summed E-state index contributed by atoms with van der Waals surface area (Å²) in [6, 6.07) is 6.62. The summed E-state index contributed by atoms with van der Waals surface area (Å²) in [5, 5.41) is 19.4. The second-order valence-corrected chi connectivity index (χ2v) is 2.93. The van der Waals surface area contributed by atoms with Gasteiger partial charge in [0.2, 0.25) is 0 Å². The molecule has 4 heteroatoms. The first kappa shape index (κ1) is 10.2. The van der Waals surface area contributed by atoms with Crippen molar-refractivity contribution in [3.05, 3.63) is 39.4 Å². The molecule has 1 aromatic carbocycles.